The molecule has 0 aliphatic carbocycles. The van der Waals surface area contributed by atoms with Gasteiger partial charge >= 0.3 is 6.61 Å². The second kappa shape index (κ2) is 8.74. The van der Waals surface area contributed by atoms with Crippen LogP contribution in [0.25, 0.3) is 17.4 Å². The summed E-state index contributed by atoms with van der Waals surface area (Å²) in [5.41, 5.74) is 1.15. The summed E-state index contributed by atoms with van der Waals surface area (Å²) in [4.78, 5) is 21.4. The summed E-state index contributed by atoms with van der Waals surface area (Å²) in [5, 5.41) is 6.89. The number of benzene rings is 1. The lowest BCUT2D eigenvalue weighted by atomic mass is 10.1. The van der Waals surface area contributed by atoms with Crippen molar-refractivity contribution in [2.45, 2.75) is 20.0 Å². The predicted molar refractivity (Wildman–Crippen MR) is 107 cm³/mol. The Morgan fingerprint density at radius 3 is 2.77 bits per heavy atom. The minimum Gasteiger partial charge on any atom is -0.461 e. The number of ether oxygens (including phenoxy) is 1. The Labute approximate surface area is 175 Å². The lowest BCUT2D eigenvalue weighted by Crippen LogP contribution is -2.16. The van der Waals surface area contributed by atoms with Crippen molar-refractivity contribution in [2.24, 2.45) is 0 Å². The van der Waals surface area contributed by atoms with Crippen LogP contribution in [-0.4, -0.2) is 32.3 Å². The number of hydrogen-bond acceptors (Lipinski definition) is 6. The molecule has 0 radical (unpaired) electrons. The zero-order chi connectivity index (χ0) is 21.8. The first-order chi connectivity index (χ1) is 15.0. The van der Waals surface area contributed by atoms with Crippen molar-refractivity contribution in [3.63, 3.8) is 0 Å². The average Bonchev–Trinajstić information content (AvgIpc) is 3.44. The largest absolute Gasteiger partial charge is 0.461 e. The van der Waals surface area contributed by atoms with Crippen molar-refractivity contribution in [1.29, 1.82) is 0 Å². The maximum Gasteiger partial charge on any atom is 0.387 e. The number of aryl methyl sites for hydroxylation is 1. The van der Waals surface area contributed by atoms with Crippen LogP contribution in [0.5, 0.6) is 5.75 Å². The van der Waals surface area contributed by atoms with E-state index in [9.17, 15) is 13.6 Å². The third-order valence-corrected chi connectivity index (χ3v) is 4.28. The number of nitrogens with zero attached hydrogens (tertiary/aromatic N) is 4. The van der Waals surface area contributed by atoms with Gasteiger partial charge in [-0.05, 0) is 42.3 Å². The molecule has 0 saturated carbocycles. The summed E-state index contributed by atoms with van der Waals surface area (Å²) < 4.78 is 36.2. The summed E-state index contributed by atoms with van der Waals surface area (Å²) in [6.45, 7) is -1.27. The van der Waals surface area contributed by atoms with Gasteiger partial charge in [0, 0.05) is 18.5 Å². The number of halogens is 2. The quantitative estimate of drug-likeness (QED) is 0.481. The zero-order valence-electron chi connectivity index (χ0n) is 16.3. The Hall–Kier alpha value is -4.08. The van der Waals surface area contributed by atoms with Crippen LogP contribution in [0.3, 0.4) is 0 Å². The summed E-state index contributed by atoms with van der Waals surface area (Å²) in [6, 6.07) is 11.4. The number of anilines is 1. The highest BCUT2D eigenvalue weighted by Crippen LogP contribution is 2.23. The van der Waals surface area contributed by atoms with E-state index in [1.165, 1.54) is 17.0 Å². The molecule has 0 aliphatic rings. The van der Waals surface area contributed by atoms with Gasteiger partial charge in [0.1, 0.15) is 11.6 Å². The number of nitrogens with one attached hydrogen (secondary N) is 1. The molecule has 0 bridgehead atoms. The molecule has 1 amide bonds. The van der Waals surface area contributed by atoms with Crippen molar-refractivity contribution in [3.8, 4) is 23.2 Å². The fourth-order valence-corrected chi connectivity index (χ4v) is 2.96. The second-order valence-corrected chi connectivity index (χ2v) is 6.57. The van der Waals surface area contributed by atoms with Gasteiger partial charge in [0.2, 0.25) is 5.91 Å². The number of hydrogen-bond donors (Lipinski definition) is 1. The Kier molecular flexibility index (Phi) is 5.69. The number of aromatic nitrogens is 4. The fourth-order valence-electron chi connectivity index (χ4n) is 2.96. The van der Waals surface area contributed by atoms with Gasteiger partial charge in [0.15, 0.2) is 17.4 Å². The molecule has 1 N–H and O–H groups in total. The van der Waals surface area contributed by atoms with Crippen molar-refractivity contribution in [3.05, 3.63) is 72.2 Å². The monoisotopic (exact) mass is 425 g/mol. The second-order valence-electron chi connectivity index (χ2n) is 6.57. The maximum atomic E-state index is 12.6. The Balaban J connectivity index is 1.54. The van der Waals surface area contributed by atoms with Crippen LogP contribution in [0.4, 0.5) is 14.6 Å². The van der Waals surface area contributed by atoms with Gasteiger partial charge in [-0.15, -0.1) is 0 Å². The summed E-state index contributed by atoms with van der Waals surface area (Å²) >= 11 is 0. The van der Waals surface area contributed by atoms with E-state index in [-0.39, 0.29) is 29.7 Å². The van der Waals surface area contributed by atoms with Gasteiger partial charge in [-0.25, -0.2) is 14.6 Å². The number of rotatable bonds is 7. The average molecular weight is 425 g/mol. The molecule has 4 aromatic rings. The van der Waals surface area contributed by atoms with E-state index in [0.29, 0.717) is 22.7 Å². The van der Waals surface area contributed by atoms with E-state index in [1.54, 1.807) is 55.7 Å². The molecule has 0 unspecified atom stereocenters. The highest BCUT2D eigenvalue weighted by molar-refractivity contribution is 5.91. The molecule has 4 rings (SSSR count). The van der Waals surface area contributed by atoms with E-state index in [2.05, 4.69) is 25.1 Å². The summed E-state index contributed by atoms with van der Waals surface area (Å²) in [7, 11) is 0. The van der Waals surface area contributed by atoms with Gasteiger partial charge in [0.25, 0.3) is 0 Å². The van der Waals surface area contributed by atoms with Gasteiger partial charge in [-0.3, -0.25) is 4.79 Å². The molecule has 1 aromatic carbocycles. The third kappa shape index (κ3) is 4.92. The number of carbonyl (C=O) groups excluding carboxylic acids is 1. The van der Waals surface area contributed by atoms with Crippen LogP contribution in [0, 0.1) is 6.92 Å². The molecular weight excluding hydrogens is 408 g/mol. The van der Waals surface area contributed by atoms with Crippen LogP contribution >= 0.6 is 0 Å². The summed E-state index contributed by atoms with van der Waals surface area (Å²) in [6.07, 6.45) is 4.84. The van der Waals surface area contributed by atoms with Crippen molar-refractivity contribution < 1.29 is 22.7 Å². The summed E-state index contributed by atoms with van der Waals surface area (Å²) in [5.74, 6) is 1.18. The number of amides is 1. The molecular formula is C21H17F2N5O3. The normalized spacial score (nSPS) is 11.0. The molecule has 0 aliphatic heterocycles. The maximum absolute atomic E-state index is 12.6. The SMILES string of the molecule is Cc1cc(CC(=O)Nc2cc(-n3cccn3)nc(-c3ccco3)n2)ccc1OC(F)F. The van der Waals surface area contributed by atoms with Crippen LogP contribution in [0.15, 0.2) is 65.5 Å². The van der Waals surface area contributed by atoms with Gasteiger partial charge in [0.05, 0.1) is 12.7 Å². The molecule has 8 nitrogen and oxygen atoms in total. The smallest absolute Gasteiger partial charge is 0.387 e. The zero-order valence-corrected chi connectivity index (χ0v) is 16.3. The standard InChI is InChI=1S/C21H17F2N5O3/c1-13-10-14(5-6-15(13)31-21(22)23)11-19(29)25-17-12-18(28-8-3-7-24-28)27-20(26-17)16-4-2-9-30-16/h2-10,12,21H,11H2,1H3,(H,25,26,27,29). The Morgan fingerprint density at radius 2 is 2.10 bits per heavy atom. The first-order valence-electron chi connectivity index (χ1n) is 9.25. The van der Waals surface area contributed by atoms with Gasteiger partial charge < -0.3 is 14.5 Å². The van der Waals surface area contributed by atoms with Crippen LogP contribution in [0.1, 0.15) is 11.1 Å². The first-order valence-corrected chi connectivity index (χ1v) is 9.25. The minimum absolute atomic E-state index is 0.0208. The Morgan fingerprint density at radius 1 is 1.23 bits per heavy atom. The molecule has 0 fully saturated rings. The lowest BCUT2D eigenvalue weighted by Gasteiger charge is -2.11. The molecule has 158 valence electrons. The molecule has 3 heterocycles. The van der Waals surface area contributed by atoms with E-state index in [0.717, 1.165) is 0 Å². The first kappa shape index (κ1) is 20.2. The highest BCUT2D eigenvalue weighted by atomic mass is 19.3. The van der Waals surface area contributed by atoms with E-state index >= 15 is 0 Å². The minimum atomic E-state index is -2.90. The predicted octanol–water partition coefficient (Wildman–Crippen LogP) is 4.01. The Bertz CT molecular complexity index is 1130. The molecule has 0 spiro atoms. The third-order valence-electron chi connectivity index (χ3n) is 4.28. The van der Waals surface area contributed by atoms with Crippen LogP contribution in [0.2, 0.25) is 0 Å². The highest BCUT2D eigenvalue weighted by Gasteiger charge is 2.14. The molecule has 0 saturated heterocycles. The van der Waals surface area contributed by atoms with E-state index in [1.807, 2.05) is 0 Å². The number of furan rings is 1. The van der Waals surface area contributed by atoms with Crippen molar-refractivity contribution in [1.82, 2.24) is 19.7 Å². The van der Waals surface area contributed by atoms with E-state index < -0.39 is 6.61 Å². The lowest BCUT2D eigenvalue weighted by molar-refractivity contribution is -0.115. The fraction of sp³-hybridized carbons (Fsp3) is 0.143. The van der Waals surface area contributed by atoms with Crippen LogP contribution in [-0.2, 0) is 11.2 Å². The number of carbonyl (C=O) groups is 1. The number of alkyl halides is 2. The van der Waals surface area contributed by atoms with E-state index in [4.69, 9.17) is 4.42 Å². The molecule has 3 aromatic heterocycles. The molecule has 31 heavy (non-hydrogen) atoms. The van der Waals surface area contributed by atoms with Crippen LogP contribution < -0.4 is 10.1 Å². The molecule has 10 heteroatoms. The van der Waals surface area contributed by atoms with Gasteiger partial charge in [-0.1, -0.05) is 12.1 Å². The van der Waals surface area contributed by atoms with Crippen molar-refractivity contribution >= 4 is 11.7 Å². The molecule has 0 atom stereocenters. The van der Waals surface area contributed by atoms with Gasteiger partial charge in [-0.2, -0.15) is 13.9 Å². The van der Waals surface area contributed by atoms with Crippen molar-refractivity contribution in [2.75, 3.05) is 5.32 Å². The topological polar surface area (TPSA) is 95.1 Å².